The topological polar surface area (TPSA) is 105 Å². The van der Waals surface area contributed by atoms with Crippen LogP contribution in [0.25, 0.3) is 11.1 Å². The van der Waals surface area contributed by atoms with Crippen LogP contribution in [-0.4, -0.2) is 37.3 Å². The number of aryl methyl sites for hydroxylation is 1. The smallest absolute Gasteiger partial charge is 0.315 e. The molecule has 0 aliphatic rings. The fourth-order valence-electron chi connectivity index (χ4n) is 3.76. The zero-order chi connectivity index (χ0) is 27.7. The van der Waals surface area contributed by atoms with E-state index < -0.39 is 28.2 Å². The number of carbonyl (C=O) groups is 1. The van der Waals surface area contributed by atoms with Crippen LogP contribution in [0.1, 0.15) is 50.2 Å². The first-order valence-electron chi connectivity index (χ1n) is 11.9. The number of halogens is 3. The van der Waals surface area contributed by atoms with Crippen molar-refractivity contribution < 1.29 is 30.9 Å². The van der Waals surface area contributed by atoms with Gasteiger partial charge >= 0.3 is 6.43 Å². The number of aromatic nitrogens is 2. The van der Waals surface area contributed by atoms with Crippen molar-refractivity contribution in [3.05, 3.63) is 72.7 Å². The highest BCUT2D eigenvalue weighted by Gasteiger charge is 2.18. The Kier molecular flexibility index (Phi) is 10.1. The number of benzene rings is 2. The number of anilines is 2. The third kappa shape index (κ3) is 9.02. The monoisotopic (exact) mass is 550 g/mol. The van der Waals surface area contributed by atoms with Crippen LogP contribution in [0.2, 0.25) is 0 Å². The molecule has 0 atom stereocenters. The molecule has 0 radical (unpaired) electrons. The Morgan fingerprint density at radius 2 is 1.82 bits per heavy atom. The maximum atomic E-state index is 13.2. The van der Waals surface area contributed by atoms with Gasteiger partial charge in [0.2, 0.25) is 15.9 Å². The van der Waals surface area contributed by atoms with Gasteiger partial charge in [0.25, 0.3) is 5.89 Å². The molecule has 12 heteroatoms. The maximum absolute atomic E-state index is 13.2. The van der Waals surface area contributed by atoms with E-state index in [2.05, 4.69) is 26.0 Å². The van der Waals surface area contributed by atoms with Gasteiger partial charge in [0.05, 0.1) is 12.1 Å². The second-order valence-electron chi connectivity index (χ2n) is 8.72. The molecule has 3 rings (SSSR count). The van der Waals surface area contributed by atoms with Gasteiger partial charge in [-0.25, -0.2) is 12.8 Å². The third-order valence-corrected chi connectivity index (χ3v) is 6.15. The first kappa shape index (κ1) is 28.9. The standard InChI is InChI=1S/C26H29F3N4O4S/c1-18(27)10-15-24(34)33(16-5-3-4-9-23-30-26(25(28)29)37-31-23)22-8-6-7-20(17-22)19-11-13-21(14-12-19)32-38(2,35)36/h6-8,11-14,17,25,32H,1,3-5,9-10,15-16H2,2H3. The first-order valence-corrected chi connectivity index (χ1v) is 13.8. The van der Waals surface area contributed by atoms with Gasteiger partial charge in [-0.05, 0) is 48.2 Å². The van der Waals surface area contributed by atoms with E-state index in [9.17, 15) is 26.4 Å². The maximum Gasteiger partial charge on any atom is 0.315 e. The quantitative estimate of drug-likeness (QED) is 0.245. The summed E-state index contributed by atoms with van der Waals surface area (Å²) in [5, 5.41) is 3.54. The summed E-state index contributed by atoms with van der Waals surface area (Å²) >= 11 is 0. The number of nitrogens with one attached hydrogen (secondary N) is 1. The minimum Gasteiger partial charge on any atom is -0.333 e. The van der Waals surface area contributed by atoms with E-state index in [-0.39, 0.29) is 24.6 Å². The number of unbranched alkanes of at least 4 members (excludes halogenated alkanes) is 2. The highest BCUT2D eigenvalue weighted by Crippen LogP contribution is 2.27. The molecular formula is C26H29F3N4O4S. The van der Waals surface area contributed by atoms with Crippen molar-refractivity contribution in [2.45, 2.75) is 45.0 Å². The minimum absolute atomic E-state index is 0.0370. The van der Waals surface area contributed by atoms with E-state index in [1.807, 2.05) is 12.1 Å². The Hall–Kier alpha value is -3.67. The molecule has 0 aliphatic heterocycles. The molecule has 8 nitrogen and oxygen atoms in total. The molecule has 0 aliphatic carbocycles. The lowest BCUT2D eigenvalue weighted by molar-refractivity contribution is -0.118. The molecule has 38 heavy (non-hydrogen) atoms. The largest absolute Gasteiger partial charge is 0.333 e. The molecule has 0 fully saturated rings. The number of hydrogen-bond donors (Lipinski definition) is 1. The Balaban J connectivity index is 1.68. The molecule has 204 valence electrons. The van der Waals surface area contributed by atoms with Crippen molar-refractivity contribution in [1.82, 2.24) is 10.1 Å². The molecule has 1 heterocycles. The minimum atomic E-state index is -3.39. The van der Waals surface area contributed by atoms with Crippen molar-refractivity contribution in [2.75, 3.05) is 22.4 Å². The molecule has 0 bridgehead atoms. The second-order valence-corrected chi connectivity index (χ2v) is 10.5. The molecular weight excluding hydrogens is 521 g/mol. The average Bonchev–Trinajstić information content (AvgIpc) is 3.34. The number of allylic oxidation sites excluding steroid dienone is 1. The Morgan fingerprint density at radius 1 is 1.08 bits per heavy atom. The fourth-order valence-corrected chi connectivity index (χ4v) is 4.33. The predicted octanol–water partition coefficient (Wildman–Crippen LogP) is 6.06. The summed E-state index contributed by atoms with van der Waals surface area (Å²) in [5.41, 5.74) is 2.70. The van der Waals surface area contributed by atoms with Crippen LogP contribution in [0.15, 0.2) is 65.5 Å². The van der Waals surface area contributed by atoms with Crippen molar-refractivity contribution in [3.8, 4) is 11.1 Å². The Labute approximate surface area is 219 Å². The zero-order valence-electron chi connectivity index (χ0n) is 20.9. The molecule has 1 amide bonds. The van der Waals surface area contributed by atoms with Crippen LogP contribution in [0.5, 0.6) is 0 Å². The lowest BCUT2D eigenvalue weighted by atomic mass is 10.0. The molecule has 3 aromatic rings. The number of amides is 1. The van der Waals surface area contributed by atoms with Gasteiger partial charge < -0.3 is 9.42 Å². The Morgan fingerprint density at radius 3 is 2.45 bits per heavy atom. The van der Waals surface area contributed by atoms with Crippen LogP contribution in [-0.2, 0) is 21.2 Å². The SMILES string of the molecule is C=C(F)CCC(=O)N(CCCCCc1noc(C(F)F)n1)c1cccc(-c2ccc(NS(C)(=O)=O)cc2)c1. The van der Waals surface area contributed by atoms with E-state index in [0.717, 1.165) is 17.4 Å². The normalized spacial score (nSPS) is 11.5. The van der Waals surface area contributed by atoms with Gasteiger partial charge in [0.15, 0.2) is 5.82 Å². The summed E-state index contributed by atoms with van der Waals surface area (Å²) in [7, 11) is -3.39. The summed E-state index contributed by atoms with van der Waals surface area (Å²) in [4.78, 5) is 18.2. The van der Waals surface area contributed by atoms with E-state index in [1.165, 1.54) is 0 Å². The van der Waals surface area contributed by atoms with E-state index >= 15 is 0 Å². The predicted molar refractivity (Wildman–Crippen MR) is 139 cm³/mol. The fraction of sp³-hybridized carbons (Fsp3) is 0.346. The Bertz CT molecular complexity index is 1340. The lowest BCUT2D eigenvalue weighted by Gasteiger charge is -2.24. The van der Waals surface area contributed by atoms with Crippen LogP contribution < -0.4 is 9.62 Å². The van der Waals surface area contributed by atoms with E-state index in [4.69, 9.17) is 0 Å². The summed E-state index contributed by atoms with van der Waals surface area (Å²) in [6, 6.07) is 14.1. The van der Waals surface area contributed by atoms with Crippen molar-refractivity contribution in [3.63, 3.8) is 0 Å². The summed E-state index contributed by atoms with van der Waals surface area (Å²) in [6.07, 6.45) is 0.408. The van der Waals surface area contributed by atoms with Crippen molar-refractivity contribution >= 4 is 27.3 Å². The van der Waals surface area contributed by atoms with Gasteiger partial charge in [0.1, 0.15) is 0 Å². The van der Waals surface area contributed by atoms with Crippen LogP contribution >= 0.6 is 0 Å². The summed E-state index contributed by atoms with van der Waals surface area (Å²) in [5.74, 6) is -1.32. The molecule has 0 saturated heterocycles. The summed E-state index contributed by atoms with van der Waals surface area (Å²) in [6.45, 7) is 3.59. The number of hydrogen-bond acceptors (Lipinski definition) is 6. The van der Waals surface area contributed by atoms with Crippen LogP contribution in [0, 0.1) is 0 Å². The van der Waals surface area contributed by atoms with Crippen LogP contribution in [0.4, 0.5) is 24.5 Å². The highest BCUT2D eigenvalue weighted by atomic mass is 32.2. The molecule has 0 unspecified atom stereocenters. The third-order valence-electron chi connectivity index (χ3n) is 5.54. The molecule has 2 aromatic carbocycles. The number of alkyl halides is 2. The zero-order valence-corrected chi connectivity index (χ0v) is 21.7. The van der Waals surface area contributed by atoms with Gasteiger partial charge in [-0.2, -0.15) is 13.8 Å². The molecule has 0 saturated carbocycles. The van der Waals surface area contributed by atoms with Crippen LogP contribution in [0.3, 0.4) is 0 Å². The lowest BCUT2D eigenvalue weighted by Crippen LogP contribution is -2.31. The van der Waals surface area contributed by atoms with Gasteiger partial charge in [-0.3, -0.25) is 9.52 Å². The first-order chi connectivity index (χ1) is 18.0. The molecule has 0 spiro atoms. The average molecular weight is 551 g/mol. The van der Waals surface area contributed by atoms with Crippen molar-refractivity contribution in [1.29, 1.82) is 0 Å². The molecule has 1 aromatic heterocycles. The number of nitrogens with zero attached hydrogens (tertiary/aromatic N) is 3. The molecule has 1 N–H and O–H groups in total. The van der Waals surface area contributed by atoms with E-state index in [1.54, 1.807) is 41.3 Å². The number of rotatable bonds is 14. The number of sulfonamides is 1. The van der Waals surface area contributed by atoms with Gasteiger partial charge in [-0.15, -0.1) is 0 Å². The van der Waals surface area contributed by atoms with E-state index in [0.29, 0.717) is 43.6 Å². The van der Waals surface area contributed by atoms with Gasteiger partial charge in [-0.1, -0.05) is 42.4 Å². The van der Waals surface area contributed by atoms with Crippen molar-refractivity contribution in [2.24, 2.45) is 0 Å². The number of carbonyl (C=O) groups excluding carboxylic acids is 1. The summed E-state index contributed by atoms with van der Waals surface area (Å²) < 4.78 is 68.2. The second kappa shape index (κ2) is 13.2. The van der Waals surface area contributed by atoms with Gasteiger partial charge in [0, 0.05) is 37.2 Å². The highest BCUT2D eigenvalue weighted by molar-refractivity contribution is 7.92.